The Morgan fingerprint density at radius 3 is 2.82 bits per heavy atom. The topological polar surface area (TPSA) is 58.0 Å². The highest BCUT2D eigenvalue weighted by Gasteiger charge is 2.06. The van der Waals surface area contributed by atoms with Crippen LogP contribution in [0.15, 0.2) is 30.5 Å². The molecule has 17 heavy (non-hydrogen) atoms. The Morgan fingerprint density at radius 1 is 1.35 bits per heavy atom. The smallest absolute Gasteiger partial charge is 0.139 e. The van der Waals surface area contributed by atoms with Gasteiger partial charge in [-0.15, -0.1) is 0 Å². The van der Waals surface area contributed by atoms with Crippen molar-refractivity contribution in [2.24, 2.45) is 0 Å². The average molecular weight is 250 g/mol. The summed E-state index contributed by atoms with van der Waals surface area (Å²) in [5, 5.41) is 12.9. The number of hydrogen-bond acceptors (Lipinski definition) is 4. The van der Waals surface area contributed by atoms with Crippen LogP contribution in [0.1, 0.15) is 11.4 Å². The zero-order chi connectivity index (χ0) is 12.3. The second-order valence-corrected chi connectivity index (χ2v) is 3.96. The number of benzene rings is 1. The Bertz CT molecular complexity index is 531. The number of aliphatic hydroxyl groups is 1. The molecular formula is C12H12ClN3O. The van der Waals surface area contributed by atoms with Gasteiger partial charge in [-0.1, -0.05) is 23.7 Å². The van der Waals surface area contributed by atoms with Gasteiger partial charge in [-0.3, -0.25) is 0 Å². The van der Waals surface area contributed by atoms with E-state index >= 15 is 0 Å². The van der Waals surface area contributed by atoms with Crippen molar-refractivity contribution in [1.29, 1.82) is 0 Å². The Hall–Kier alpha value is -1.65. The molecule has 1 aromatic heterocycles. The molecule has 0 aliphatic heterocycles. The molecule has 2 N–H and O–H groups in total. The number of halogens is 1. The van der Waals surface area contributed by atoms with Crippen LogP contribution >= 0.6 is 11.6 Å². The summed E-state index contributed by atoms with van der Waals surface area (Å²) in [6, 6.07) is 7.37. The van der Waals surface area contributed by atoms with E-state index in [1.54, 1.807) is 19.2 Å². The minimum atomic E-state index is -0.118. The number of anilines is 2. The van der Waals surface area contributed by atoms with Crippen molar-refractivity contribution in [1.82, 2.24) is 9.97 Å². The largest absolute Gasteiger partial charge is 0.391 e. The fourth-order valence-corrected chi connectivity index (χ4v) is 1.59. The zero-order valence-corrected chi connectivity index (χ0v) is 10.1. The maximum atomic E-state index is 9.20. The van der Waals surface area contributed by atoms with Crippen molar-refractivity contribution in [3.8, 4) is 0 Å². The molecule has 0 bridgehead atoms. The molecule has 2 rings (SSSR count). The van der Waals surface area contributed by atoms with Gasteiger partial charge in [-0.25, -0.2) is 9.97 Å². The number of nitrogens with one attached hydrogen (secondary N) is 1. The summed E-state index contributed by atoms with van der Waals surface area (Å²) in [5.74, 6) is 1.21. The predicted molar refractivity (Wildman–Crippen MR) is 67.4 cm³/mol. The maximum Gasteiger partial charge on any atom is 0.139 e. The number of aromatic nitrogens is 2. The molecule has 1 aromatic carbocycles. The fraction of sp³-hybridized carbons (Fsp3) is 0.167. The first-order valence-electron chi connectivity index (χ1n) is 5.15. The van der Waals surface area contributed by atoms with Gasteiger partial charge in [0, 0.05) is 11.8 Å². The zero-order valence-electron chi connectivity index (χ0n) is 9.31. The molecule has 0 fully saturated rings. The molecule has 0 aliphatic carbocycles. The predicted octanol–water partition coefficient (Wildman–Crippen LogP) is 2.67. The second-order valence-electron chi connectivity index (χ2n) is 3.55. The first kappa shape index (κ1) is 11.8. The van der Waals surface area contributed by atoms with Crippen LogP contribution in [0.4, 0.5) is 11.5 Å². The molecule has 0 spiro atoms. The number of aryl methyl sites for hydroxylation is 1. The molecular weight excluding hydrogens is 238 g/mol. The third-order valence-electron chi connectivity index (χ3n) is 2.28. The molecule has 0 unspecified atom stereocenters. The molecule has 0 saturated carbocycles. The minimum absolute atomic E-state index is 0.118. The van der Waals surface area contributed by atoms with E-state index in [0.717, 1.165) is 5.69 Å². The third kappa shape index (κ3) is 2.72. The Morgan fingerprint density at radius 2 is 2.12 bits per heavy atom. The van der Waals surface area contributed by atoms with E-state index in [4.69, 9.17) is 11.6 Å². The van der Waals surface area contributed by atoms with Crippen LogP contribution in [0, 0.1) is 6.92 Å². The van der Waals surface area contributed by atoms with Crippen LogP contribution in [0.25, 0.3) is 0 Å². The highest BCUT2D eigenvalue weighted by atomic mass is 35.5. The Labute approximate surface area is 104 Å². The number of rotatable bonds is 3. The number of aliphatic hydroxyl groups excluding tert-OH is 1. The van der Waals surface area contributed by atoms with Gasteiger partial charge in [0.05, 0.1) is 17.3 Å². The van der Waals surface area contributed by atoms with Crippen LogP contribution in [-0.2, 0) is 6.61 Å². The molecule has 5 heteroatoms. The molecule has 4 nitrogen and oxygen atoms in total. The lowest BCUT2D eigenvalue weighted by Gasteiger charge is -2.10. The van der Waals surface area contributed by atoms with Crippen molar-refractivity contribution in [2.45, 2.75) is 13.5 Å². The lowest BCUT2D eigenvalue weighted by Crippen LogP contribution is -2.02. The lowest BCUT2D eigenvalue weighted by atomic mass is 10.3. The van der Waals surface area contributed by atoms with Crippen molar-refractivity contribution < 1.29 is 5.11 Å². The average Bonchev–Trinajstić information content (AvgIpc) is 2.32. The molecule has 2 aromatic rings. The number of para-hydroxylation sites is 1. The number of nitrogens with zero attached hydrogens (tertiary/aromatic N) is 2. The van der Waals surface area contributed by atoms with Crippen LogP contribution < -0.4 is 5.32 Å². The van der Waals surface area contributed by atoms with Crippen molar-refractivity contribution in [2.75, 3.05) is 5.32 Å². The van der Waals surface area contributed by atoms with Crippen LogP contribution in [-0.4, -0.2) is 15.1 Å². The minimum Gasteiger partial charge on any atom is -0.391 e. The highest BCUT2D eigenvalue weighted by molar-refractivity contribution is 6.33. The Kier molecular flexibility index (Phi) is 3.56. The molecule has 0 atom stereocenters. The van der Waals surface area contributed by atoms with Gasteiger partial charge in [0.2, 0.25) is 0 Å². The fourth-order valence-electron chi connectivity index (χ4n) is 1.41. The van der Waals surface area contributed by atoms with E-state index in [-0.39, 0.29) is 6.61 Å². The van der Waals surface area contributed by atoms with E-state index < -0.39 is 0 Å². The summed E-state index contributed by atoms with van der Waals surface area (Å²) in [4.78, 5) is 8.27. The normalized spacial score (nSPS) is 10.3. The highest BCUT2D eigenvalue weighted by Crippen LogP contribution is 2.25. The first-order chi connectivity index (χ1) is 8.20. The molecule has 88 valence electrons. The molecule has 0 aliphatic rings. The van der Waals surface area contributed by atoms with Gasteiger partial charge in [-0.2, -0.15) is 0 Å². The summed E-state index contributed by atoms with van der Waals surface area (Å²) < 4.78 is 0. The maximum absolute atomic E-state index is 9.20. The Balaban J connectivity index is 2.35. The summed E-state index contributed by atoms with van der Waals surface area (Å²) in [5.41, 5.74) is 1.39. The molecule has 1 heterocycles. The molecule has 0 saturated heterocycles. The van der Waals surface area contributed by atoms with Gasteiger partial charge < -0.3 is 10.4 Å². The summed E-state index contributed by atoms with van der Waals surface area (Å²) in [7, 11) is 0. The number of hydrogen-bond donors (Lipinski definition) is 2. The van der Waals surface area contributed by atoms with Crippen molar-refractivity contribution in [3.63, 3.8) is 0 Å². The van der Waals surface area contributed by atoms with E-state index in [1.807, 2.05) is 18.2 Å². The molecule has 0 amide bonds. The van der Waals surface area contributed by atoms with Crippen LogP contribution in [0.3, 0.4) is 0 Å². The third-order valence-corrected chi connectivity index (χ3v) is 2.61. The van der Waals surface area contributed by atoms with E-state index in [2.05, 4.69) is 15.3 Å². The second kappa shape index (κ2) is 5.12. The van der Waals surface area contributed by atoms with Crippen LogP contribution in [0.5, 0.6) is 0 Å². The monoisotopic (exact) mass is 249 g/mol. The van der Waals surface area contributed by atoms with Gasteiger partial charge in [0.25, 0.3) is 0 Å². The SMILES string of the molecule is Cc1ncc(CO)c(Nc2ccccc2Cl)n1. The van der Waals surface area contributed by atoms with Crippen molar-refractivity contribution in [3.05, 3.63) is 46.9 Å². The van der Waals surface area contributed by atoms with E-state index in [0.29, 0.717) is 22.2 Å². The summed E-state index contributed by atoms with van der Waals surface area (Å²) >= 11 is 6.04. The summed E-state index contributed by atoms with van der Waals surface area (Å²) in [6.07, 6.45) is 1.60. The lowest BCUT2D eigenvalue weighted by molar-refractivity contribution is 0.281. The van der Waals surface area contributed by atoms with Gasteiger partial charge in [0.1, 0.15) is 11.6 Å². The van der Waals surface area contributed by atoms with E-state index in [9.17, 15) is 5.11 Å². The standard InChI is InChI=1S/C12H12ClN3O/c1-8-14-6-9(7-17)12(15-8)16-11-5-3-2-4-10(11)13/h2-6,17H,7H2,1H3,(H,14,15,16). The van der Waals surface area contributed by atoms with Crippen LogP contribution in [0.2, 0.25) is 5.02 Å². The quantitative estimate of drug-likeness (QED) is 0.878. The van der Waals surface area contributed by atoms with Gasteiger partial charge in [-0.05, 0) is 19.1 Å². The molecule has 0 radical (unpaired) electrons. The van der Waals surface area contributed by atoms with E-state index in [1.165, 1.54) is 0 Å². The summed E-state index contributed by atoms with van der Waals surface area (Å²) in [6.45, 7) is 1.67. The van der Waals surface area contributed by atoms with Gasteiger partial charge >= 0.3 is 0 Å². The van der Waals surface area contributed by atoms with Gasteiger partial charge in [0.15, 0.2) is 0 Å². The van der Waals surface area contributed by atoms with Crippen molar-refractivity contribution >= 4 is 23.1 Å². The first-order valence-corrected chi connectivity index (χ1v) is 5.53.